The van der Waals surface area contributed by atoms with E-state index < -0.39 is 17.1 Å². The molecule has 1 aromatic carbocycles. The minimum atomic E-state index is -0.615. The quantitative estimate of drug-likeness (QED) is 0.800. The zero-order chi connectivity index (χ0) is 18.4. The highest BCUT2D eigenvalue weighted by atomic mass is 16.6. The normalized spacial score (nSPS) is 16.7. The number of rotatable bonds is 1. The van der Waals surface area contributed by atoms with Crippen LogP contribution in [-0.2, 0) is 9.53 Å². The van der Waals surface area contributed by atoms with E-state index in [4.69, 9.17) is 10.5 Å². The molecule has 130 valence electrons. The molecular formula is C19H26N2O3. The third-order valence-electron chi connectivity index (χ3n) is 4.21. The molecule has 0 spiro atoms. The van der Waals surface area contributed by atoms with Crippen molar-refractivity contribution in [2.45, 2.75) is 59.6 Å². The van der Waals surface area contributed by atoms with Crippen LogP contribution in [0.2, 0.25) is 0 Å². The first-order valence-electron chi connectivity index (χ1n) is 8.01. The molecule has 1 aliphatic rings. The number of allylic oxidation sites excluding steroid dienone is 1. The number of anilines is 1. The molecule has 5 nitrogen and oxygen atoms in total. The summed E-state index contributed by atoms with van der Waals surface area (Å²) < 4.78 is 5.43. The molecule has 0 fully saturated rings. The van der Waals surface area contributed by atoms with E-state index in [9.17, 15) is 9.59 Å². The van der Waals surface area contributed by atoms with Crippen molar-refractivity contribution < 1.29 is 14.3 Å². The summed E-state index contributed by atoms with van der Waals surface area (Å²) in [6.45, 7) is 12.7. The molecule has 1 aromatic rings. The topological polar surface area (TPSA) is 72.6 Å². The van der Waals surface area contributed by atoms with Crippen LogP contribution in [0.25, 0.3) is 5.57 Å². The number of hydrogen-bond acceptors (Lipinski definition) is 4. The number of fused-ring (bicyclic) bond motifs is 1. The van der Waals surface area contributed by atoms with Crippen molar-refractivity contribution in [1.29, 1.82) is 0 Å². The zero-order valence-electron chi connectivity index (χ0n) is 15.5. The van der Waals surface area contributed by atoms with Crippen molar-refractivity contribution in [3.05, 3.63) is 35.0 Å². The minimum absolute atomic E-state index is 0.0956. The number of ether oxygens (including phenoxy) is 1. The molecular weight excluding hydrogens is 304 g/mol. The molecule has 0 aromatic heterocycles. The Morgan fingerprint density at radius 1 is 1.21 bits per heavy atom. The highest BCUT2D eigenvalue weighted by Gasteiger charge is 2.39. The van der Waals surface area contributed by atoms with Crippen LogP contribution >= 0.6 is 0 Å². The Balaban J connectivity index is 2.58. The van der Waals surface area contributed by atoms with E-state index in [2.05, 4.69) is 0 Å². The van der Waals surface area contributed by atoms with Gasteiger partial charge in [-0.15, -0.1) is 0 Å². The standard InChI is InChI=1S/C19H26N2O3/c1-11-14-10-13(17(23)24-18(3,4)5)8-9-15(14)21(12(2)22)19(6,7)16(11)20/h8-10H,20H2,1-7H3. The zero-order valence-corrected chi connectivity index (χ0v) is 15.5. The second-order valence-electron chi connectivity index (χ2n) is 7.69. The first-order valence-corrected chi connectivity index (χ1v) is 8.01. The molecule has 0 saturated carbocycles. The number of benzene rings is 1. The van der Waals surface area contributed by atoms with Gasteiger partial charge in [0.2, 0.25) is 5.91 Å². The van der Waals surface area contributed by atoms with Crippen molar-refractivity contribution in [1.82, 2.24) is 0 Å². The highest BCUT2D eigenvalue weighted by Crippen LogP contribution is 2.42. The highest BCUT2D eigenvalue weighted by molar-refractivity contribution is 6.01. The van der Waals surface area contributed by atoms with Crippen molar-refractivity contribution >= 4 is 23.1 Å². The van der Waals surface area contributed by atoms with Gasteiger partial charge in [-0.1, -0.05) is 0 Å². The summed E-state index contributed by atoms with van der Waals surface area (Å²) in [4.78, 5) is 26.2. The number of carbonyl (C=O) groups excluding carboxylic acids is 2. The van der Waals surface area contributed by atoms with Gasteiger partial charge in [0.25, 0.3) is 0 Å². The minimum Gasteiger partial charge on any atom is -0.456 e. The first kappa shape index (κ1) is 18.0. The number of carbonyl (C=O) groups is 2. The van der Waals surface area contributed by atoms with Crippen LogP contribution in [-0.4, -0.2) is 23.0 Å². The van der Waals surface area contributed by atoms with Crippen LogP contribution in [0.4, 0.5) is 5.69 Å². The van der Waals surface area contributed by atoms with Crippen LogP contribution < -0.4 is 10.6 Å². The molecule has 0 aliphatic carbocycles. The Kier molecular flexibility index (Phi) is 4.25. The van der Waals surface area contributed by atoms with Crippen LogP contribution in [0.5, 0.6) is 0 Å². The molecule has 1 aliphatic heterocycles. The van der Waals surface area contributed by atoms with E-state index in [1.165, 1.54) is 6.92 Å². The van der Waals surface area contributed by atoms with Crippen molar-refractivity contribution in [3.8, 4) is 0 Å². The smallest absolute Gasteiger partial charge is 0.338 e. The fraction of sp³-hybridized carbons (Fsp3) is 0.474. The number of nitrogens with two attached hydrogens (primary N) is 1. The fourth-order valence-corrected chi connectivity index (χ4v) is 3.08. The van der Waals surface area contributed by atoms with Gasteiger partial charge in [-0.25, -0.2) is 4.79 Å². The Labute approximate surface area is 143 Å². The van der Waals surface area contributed by atoms with Crippen molar-refractivity contribution in [2.75, 3.05) is 4.90 Å². The van der Waals surface area contributed by atoms with Gasteiger partial charge in [0.05, 0.1) is 16.8 Å². The van der Waals surface area contributed by atoms with E-state index in [0.29, 0.717) is 11.3 Å². The van der Waals surface area contributed by atoms with Crippen LogP contribution in [0.15, 0.2) is 23.9 Å². The summed E-state index contributed by atoms with van der Waals surface area (Å²) in [7, 11) is 0. The lowest BCUT2D eigenvalue weighted by atomic mass is 9.85. The first-order chi connectivity index (χ1) is 10.9. The van der Waals surface area contributed by atoms with Crippen LogP contribution in [0.3, 0.4) is 0 Å². The summed E-state index contributed by atoms with van der Waals surface area (Å²) >= 11 is 0. The number of hydrogen-bond donors (Lipinski definition) is 1. The summed E-state index contributed by atoms with van der Waals surface area (Å²) in [6, 6.07) is 5.22. The van der Waals surface area contributed by atoms with Crippen LogP contribution in [0, 0.1) is 0 Å². The van der Waals surface area contributed by atoms with E-state index >= 15 is 0 Å². The van der Waals surface area contributed by atoms with E-state index in [1.807, 2.05) is 41.5 Å². The maximum atomic E-state index is 12.3. The molecule has 2 rings (SSSR count). The van der Waals surface area contributed by atoms with E-state index in [0.717, 1.165) is 16.8 Å². The molecule has 0 atom stereocenters. The maximum absolute atomic E-state index is 12.3. The van der Waals surface area contributed by atoms with Gasteiger partial charge < -0.3 is 15.4 Å². The monoisotopic (exact) mass is 330 g/mol. The summed E-state index contributed by atoms with van der Waals surface area (Å²) in [5.74, 6) is -0.488. The molecule has 2 N–H and O–H groups in total. The van der Waals surface area contributed by atoms with Crippen molar-refractivity contribution in [2.24, 2.45) is 5.73 Å². The van der Waals surface area contributed by atoms with Crippen molar-refractivity contribution in [3.63, 3.8) is 0 Å². The van der Waals surface area contributed by atoms with Gasteiger partial charge in [-0.05, 0) is 65.3 Å². The van der Waals surface area contributed by atoms with Gasteiger partial charge in [0, 0.05) is 18.2 Å². The molecule has 0 radical (unpaired) electrons. The molecule has 0 saturated heterocycles. The summed E-state index contributed by atoms with van der Waals surface area (Å²) in [5.41, 5.74) is 8.59. The third kappa shape index (κ3) is 3.03. The Morgan fingerprint density at radius 2 is 1.79 bits per heavy atom. The van der Waals surface area contributed by atoms with Gasteiger partial charge >= 0.3 is 5.97 Å². The van der Waals surface area contributed by atoms with Gasteiger partial charge in [-0.2, -0.15) is 0 Å². The van der Waals surface area contributed by atoms with Gasteiger partial charge in [-0.3, -0.25) is 4.79 Å². The Morgan fingerprint density at radius 3 is 2.29 bits per heavy atom. The Bertz CT molecular complexity index is 739. The van der Waals surface area contributed by atoms with E-state index in [-0.39, 0.29) is 5.91 Å². The van der Waals surface area contributed by atoms with Crippen LogP contribution in [0.1, 0.15) is 64.4 Å². The lowest BCUT2D eigenvalue weighted by molar-refractivity contribution is -0.117. The fourth-order valence-electron chi connectivity index (χ4n) is 3.08. The summed E-state index contributed by atoms with van der Waals surface area (Å²) in [6.07, 6.45) is 0. The lowest BCUT2D eigenvalue weighted by Crippen LogP contribution is -2.53. The lowest BCUT2D eigenvalue weighted by Gasteiger charge is -2.44. The second-order valence-corrected chi connectivity index (χ2v) is 7.69. The molecule has 0 bridgehead atoms. The average Bonchev–Trinajstić information content (AvgIpc) is 2.42. The SMILES string of the molecule is CC(=O)N1c2ccc(C(=O)OC(C)(C)C)cc2C(C)=C(N)C1(C)C. The number of nitrogens with zero attached hydrogens (tertiary/aromatic N) is 1. The molecule has 1 amide bonds. The van der Waals surface area contributed by atoms with E-state index in [1.54, 1.807) is 23.1 Å². The maximum Gasteiger partial charge on any atom is 0.338 e. The predicted molar refractivity (Wildman–Crippen MR) is 95.6 cm³/mol. The molecule has 0 unspecified atom stereocenters. The van der Waals surface area contributed by atoms with Gasteiger partial charge in [0.15, 0.2) is 0 Å². The molecule has 1 heterocycles. The number of esters is 1. The second kappa shape index (κ2) is 5.65. The van der Waals surface area contributed by atoms with Gasteiger partial charge in [0.1, 0.15) is 5.60 Å². The summed E-state index contributed by atoms with van der Waals surface area (Å²) in [5, 5.41) is 0. The Hall–Kier alpha value is -2.30. The third-order valence-corrected chi connectivity index (χ3v) is 4.21. The largest absolute Gasteiger partial charge is 0.456 e. The predicted octanol–water partition coefficient (Wildman–Crippen LogP) is 3.48. The number of amides is 1. The molecule has 24 heavy (non-hydrogen) atoms. The average molecular weight is 330 g/mol. The molecule has 5 heteroatoms.